The maximum absolute atomic E-state index is 13.1. The van der Waals surface area contributed by atoms with Crippen LogP contribution in [0.5, 0.6) is 0 Å². The number of cyclic esters (lactones) is 1. The van der Waals surface area contributed by atoms with Crippen LogP contribution in [0.4, 0.5) is 13.2 Å². The second-order valence-corrected chi connectivity index (χ2v) is 5.85. The molecule has 120 valence electrons. The molecule has 1 aliphatic rings. The van der Waals surface area contributed by atoms with Gasteiger partial charge >= 0.3 is 5.97 Å². The van der Waals surface area contributed by atoms with Crippen molar-refractivity contribution < 1.29 is 27.5 Å². The zero-order valence-electron chi connectivity index (χ0n) is 12.4. The van der Waals surface area contributed by atoms with E-state index in [9.17, 15) is 22.8 Å². The Morgan fingerprint density at radius 1 is 1.18 bits per heavy atom. The molecule has 1 fully saturated rings. The Morgan fingerprint density at radius 2 is 1.77 bits per heavy atom. The van der Waals surface area contributed by atoms with Crippen LogP contribution in [0.2, 0.25) is 0 Å². The second kappa shape index (κ2) is 6.50. The fourth-order valence-electron chi connectivity index (χ4n) is 2.46. The molecule has 2 rings (SSSR count). The average Bonchev–Trinajstić information content (AvgIpc) is 2.43. The first-order chi connectivity index (χ1) is 10.3. The molecule has 3 nitrogen and oxygen atoms in total. The summed E-state index contributed by atoms with van der Waals surface area (Å²) in [5, 5.41) is 0. The third-order valence-electron chi connectivity index (χ3n) is 3.85. The first kappa shape index (κ1) is 16.5. The van der Waals surface area contributed by atoms with Gasteiger partial charge in [-0.05, 0) is 36.5 Å². The van der Waals surface area contributed by atoms with Crippen molar-refractivity contribution in [1.82, 2.24) is 0 Å². The van der Waals surface area contributed by atoms with Crippen molar-refractivity contribution in [1.29, 1.82) is 0 Å². The molecule has 1 aliphatic heterocycles. The lowest BCUT2D eigenvalue weighted by Crippen LogP contribution is -2.40. The van der Waals surface area contributed by atoms with Gasteiger partial charge in [0.15, 0.2) is 23.2 Å². The zero-order chi connectivity index (χ0) is 16.4. The Morgan fingerprint density at radius 3 is 2.27 bits per heavy atom. The third-order valence-corrected chi connectivity index (χ3v) is 3.85. The number of hydrogen-bond donors (Lipinski definition) is 0. The van der Waals surface area contributed by atoms with Crippen LogP contribution >= 0.6 is 0 Å². The number of hydrogen-bond acceptors (Lipinski definition) is 3. The van der Waals surface area contributed by atoms with Crippen LogP contribution in [0.3, 0.4) is 0 Å². The normalized spacial score (nSPS) is 22.1. The van der Waals surface area contributed by atoms with Gasteiger partial charge in [-0.2, -0.15) is 0 Å². The molecule has 22 heavy (non-hydrogen) atoms. The summed E-state index contributed by atoms with van der Waals surface area (Å²) < 4.78 is 44.3. The van der Waals surface area contributed by atoms with E-state index in [0.29, 0.717) is 0 Å². The number of Topliss-reactive ketones (excluding diaryl/α,β-unsaturated/α-hetero) is 1. The second-order valence-electron chi connectivity index (χ2n) is 5.85. The van der Waals surface area contributed by atoms with E-state index in [4.69, 9.17) is 4.74 Å². The molecule has 2 atom stereocenters. The monoisotopic (exact) mass is 314 g/mol. The molecular weight excluding hydrogens is 297 g/mol. The SMILES string of the molecule is CC(C)C1CC(=O)C(CCc2cc(F)c(F)c(F)c2)C(=O)O1. The van der Waals surface area contributed by atoms with Gasteiger partial charge in [0.05, 0.1) is 0 Å². The minimum atomic E-state index is -1.53. The predicted molar refractivity (Wildman–Crippen MR) is 72.5 cm³/mol. The van der Waals surface area contributed by atoms with Crippen LogP contribution < -0.4 is 0 Å². The molecule has 1 aromatic carbocycles. The highest BCUT2D eigenvalue weighted by Gasteiger charge is 2.37. The van der Waals surface area contributed by atoms with Gasteiger partial charge in [-0.1, -0.05) is 13.8 Å². The van der Waals surface area contributed by atoms with Crippen LogP contribution in [-0.2, 0) is 20.7 Å². The molecule has 1 heterocycles. The van der Waals surface area contributed by atoms with Crippen LogP contribution in [0, 0.1) is 29.3 Å². The Balaban J connectivity index is 2.03. The van der Waals surface area contributed by atoms with Crippen molar-refractivity contribution in [2.45, 2.75) is 39.2 Å². The summed E-state index contributed by atoms with van der Waals surface area (Å²) >= 11 is 0. The topological polar surface area (TPSA) is 43.4 Å². The van der Waals surface area contributed by atoms with E-state index in [2.05, 4.69) is 0 Å². The number of benzene rings is 1. The van der Waals surface area contributed by atoms with E-state index in [-0.39, 0.29) is 36.5 Å². The number of ketones is 1. The van der Waals surface area contributed by atoms with E-state index in [1.165, 1.54) is 0 Å². The van der Waals surface area contributed by atoms with Crippen molar-refractivity contribution in [2.24, 2.45) is 11.8 Å². The lowest BCUT2D eigenvalue weighted by molar-refractivity contribution is -0.167. The van der Waals surface area contributed by atoms with Crippen LogP contribution in [0.25, 0.3) is 0 Å². The quantitative estimate of drug-likeness (QED) is 0.487. The van der Waals surface area contributed by atoms with Crippen LogP contribution in [0.15, 0.2) is 12.1 Å². The molecule has 0 spiro atoms. The average molecular weight is 314 g/mol. The van der Waals surface area contributed by atoms with Crippen molar-refractivity contribution in [3.8, 4) is 0 Å². The van der Waals surface area contributed by atoms with E-state index in [1.807, 2.05) is 13.8 Å². The molecule has 0 bridgehead atoms. The molecule has 0 amide bonds. The zero-order valence-corrected chi connectivity index (χ0v) is 12.4. The fourth-order valence-corrected chi connectivity index (χ4v) is 2.46. The summed E-state index contributed by atoms with van der Waals surface area (Å²) in [5.41, 5.74) is 0.197. The minimum absolute atomic E-state index is 0.0501. The fraction of sp³-hybridized carbons (Fsp3) is 0.500. The number of esters is 1. The summed E-state index contributed by atoms with van der Waals surface area (Å²) in [6, 6.07) is 1.74. The number of ether oxygens (including phenoxy) is 1. The number of carbonyl (C=O) groups is 2. The summed E-state index contributed by atoms with van der Waals surface area (Å²) in [5.74, 6) is -5.80. The summed E-state index contributed by atoms with van der Waals surface area (Å²) in [6.45, 7) is 3.71. The highest BCUT2D eigenvalue weighted by molar-refractivity contribution is 6.01. The van der Waals surface area contributed by atoms with E-state index >= 15 is 0 Å². The minimum Gasteiger partial charge on any atom is -0.461 e. The summed E-state index contributed by atoms with van der Waals surface area (Å²) in [7, 11) is 0. The molecule has 0 aromatic heterocycles. The maximum atomic E-state index is 13.1. The van der Waals surface area contributed by atoms with Gasteiger partial charge in [0.2, 0.25) is 0 Å². The van der Waals surface area contributed by atoms with Gasteiger partial charge in [0, 0.05) is 6.42 Å². The van der Waals surface area contributed by atoms with Gasteiger partial charge in [-0.15, -0.1) is 0 Å². The molecule has 0 saturated carbocycles. The summed E-state index contributed by atoms with van der Waals surface area (Å²) in [4.78, 5) is 23.9. The van der Waals surface area contributed by atoms with Gasteiger partial charge < -0.3 is 4.74 Å². The Kier molecular flexibility index (Phi) is 4.88. The molecule has 6 heteroatoms. The lowest BCUT2D eigenvalue weighted by Gasteiger charge is -2.29. The van der Waals surface area contributed by atoms with Crippen molar-refractivity contribution in [3.05, 3.63) is 35.1 Å². The van der Waals surface area contributed by atoms with E-state index < -0.39 is 35.4 Å². The van der Waals surface area contributed by atoms with Gasteiger partial charge in [-0.25, -0.2) is 13.2 Å². The molecule has 1 aromatic rings. The van der Waals surface area contributed by atoms with Crippen LogP contribution in [0.1, 0.15) is 32.3 Å². The van der Waals surface area contributed by atoms with E-state index in [0.717, 1.165) is 12.1 Å². The highest BCUT2D eigenvalue weighted by Crippen LogP contribution is 2.26. The highest BCUT2D eigenvalue weighted by atomic mass is 19.2. The largest absolute Gasteiger partial charge is 0.461 e. The van der Waals surface area contributed by atoms with Crippen molar-refractivity contribution in [3.63, 3.8) is 0 Å². The van der Waals surface area contributed by atoms with E-state index in [1.54, 1.807) is 0 Å². The predicted octanol–water partition coefficient (Wildman–Crippen LogP) is 3.19. The number of rotatable bonds is 4. The number of aryl methyl sites for hydroxylation is 1. The Hall–Kier alpha value is -1.85. The standard InChI is InChI=1S/C16H17F3O3/c1-8(2)14-7-13(20)10(16(21)22-14)4-3-9-5-11(17)15(19)12(18)6-9/h5-6,8,10,14H,3-4,7H2,1-2H3. The van der Waals surface area contributed by atoms with Gasteiger partial charge in [-0.3, -0.25) is 9.59 Å². The van der Waals surface area contributed by atoms with Crippen molar-refractivity contribution in [2.75, 3.05) is 0 Å². The molecular formula is C16H17F3O3. The number of halogens is 3. The lowest BCUT2D eigenvalue weighted by atomic mass is 9.87. The summed E-state index contributed by atoms with van der Waals surface area (Å²) in [6.07, 6.45) is -0.0870. The van der Waals surface area contributed by atoms with Gasteiger partial charge in [0.1, 0.15) is 12.0 Å². The van der Waals surface area contributed by atoms with Gasteiger partial charge in [0.25, 0.3) is 0 Å². The van der Waals surface area contributed by atoms with Crippen molar-refractivity contribution >= 4 is 11.8 Å². The third kappa shape index (κ3) is 3.48. The Bertz CT molecular complexity index is 557. The first-order valence-electron chi connectivity index (χ1n) is 7.16. The number of carbonyl (C=O) groups excluding carboxylic acids is 2. The first-order valence-corrected chi connectivity index (χ1v) is 7.16. The Labute approximate surface area is 126 Å². The molecule has 0 N–H and O–H groups in total. The smallest absolute Gasteiger partial charge is 0.316 e. The van der Waals surface area contributed by atoms with Crippen LogP contribution in [-0.4, -0.2) is 17.9 Å². The molecule has 0 radical (unpaired) electrons. The molecule has 2 unspecified atom stereocenters. The molecule has 1 saturated heterocycles. The maximum Gasteiger partial charge on any atom is 0.316 e. The molecule has 0 aliphatic carbocycles.